The van der Waals surface area contributed by atoms with E-state index in [9.17, 15) is 19.2 Å². The molecule has 35 heavy (non-hydrogen) atoms. The number of rotatable bonds is 5. The van der Waals surface area contributed by atoms with Gasteiger partial charge in [-0.15, -0.1) is 0 Å². The summed E-state index contributed by atoms with van der Waals surface area (Å²) in [6.07, 6.45) is 0.769. The smallest absolute Gasteiger partial charge is 0.338 e. The van der Waals surface area contributed by atoms with Gasteiger partial charge < -0.3 is 19.5 Å². The number of carbonyl (C=O) groups is 4. The number of hydrogen-bond acceptors (Lipinski definition) is 7. The lowest BCUT2D eigenvalue weighted by Crippen LogP contribution is -2.29. The van der Waals surface area contributed by atoms with E-state index in [4.69, 9.17) is 14.2 Å². The molecule has 3 aromatic rings. The minimum absolute atomic E-state index is 0.175. The monoisotopic (exact) mass is 472 g/mol. The standard InChI is InChI=1S/C26H20N2O7/c29-23(27-17-8-11-21-22(14-17)34-13-3-12-33-21)15-35-26(32)16-6-9-18(10-7-16)28-24(30)19-4-1-2-5-20(19)25(28)31/h1-2,4-11,14H,3,12-13,15H2,(H,27,29). The molecule has 0 unspecified atom stereocenters. The van der Waals surface area contributed by atoms with Crippen molar-refractivity contribution >= 4 is 35.1 Å². The number of carbonyl (C=O) groups excluding carboxylic acids is 4. The van der Waals surface area contributed by atoms with Gasteiger partial charge in [0.05, 0.1) is 35.6 Å². The molecule has 2 aliphatic heterocycles. The third kappa shape index (κ3) is 4.43. The first-order valence-electron chi connectivity index (χ1n) is 11.0. The van der Waals surface area contributed by atoms with E-state index in [2.05, 4.69) is 5.32 Å². The van der Waals surface area contributed by atoms with Crippen LogP contribution in [0.25, 0.3) is 0 Å². The SMILES string of the molecule is O=C(COC(=O)c1ccc(N2C(=O)c3ccccc3C2=O)cc1)Nc1ccc2c(c1)OCCCO2. The summed E-state index contributed by atoms with van der Waals surface area (Å²) in [6.45, 7) is 0.592. The Morgan fingerprint density at radius 1 is 0.857 bits per heavy atom. The van der Waals surface area contributed by atoms with E-state index >= 15 is 0 Å². The van der Waals surface area contributed by atoms with E-state index in [1.165, 1.54) is 24.3 Å². The summed E-state index contributed by atoms with van der Waals surface area (Å²) < 4.78 is 16.3. The molecule has 3 amide bonds. The molecule has 0 bridgehead atoms. The molecule has 9 nitrogen and oxygen atoms in total. The highest BCUT2D eigenvalue weighted by atomic mass is 16.5. The molecule has 1 N–H and O–H groups in total. The number of fused-ring (bicyclic) bond motifs is 2. The largest absolute Gasteiger partial charge is 0.490 e. The molecule has 2 heterocycles. The van der Waals surface area contributed by atoms with Crippen molar-refractivity contribution in [2.45, 2.75) is 6.42 Å². The molecule has 0 fully saturated rings. The second-order valence-corrected chi connectivity index (χ2v) is 7.87. The summed E-state index contributed by atoms with van der Waals surface area (Å²) in [5.41, 5.74) is 1.66. The fourth-order valence-electron chi connectivity index (χ4n) is 3.82. The Labute approximate surface area is 200 Å². The molecule has 0 aromatic heterocycles. The number of ether oxygens (including phenoxy) is 3. The molecule has 0 atom stereocenters. The van der Waals surface area contributed by atoms with Crippen LogP contribution in [0.1, 0.15) is 37.5 Å². The van der Waals surface area contributed by atoms with E-state index in [-0.39, 0.29) is 5.56 Å². The van der Waals surface area contributed by atoms with Crippen LogP contribution < -0.4 is 19.7 Å². The second-order valence-electron chi connectivity index (χ2n) is 7.87. The van der Waals surface area contributed by atoms with Crippen LogP contribution in [-0.4, -0.2) is 43.5 Å². The first kappa shape index (κ1) is 22.1. The zero-order valence-electron chi connectivity index (χ0n) is 18.5. The summed E-state index contributed by atoms with van der Waals surface area (Å²) >= 11 is 0. The third-order valence-electron chi connectivity index (χ3n) is 5.52. The Kier molecular flexibility index (Phi) is 5.88. The van der Waals surface area contributed by atoms with Crippen LogP contribution in [0, 0.1) is 0 Å². The van der Waals surface area contributed by atoms with Crippen LogP contribution >= 0.6 is 0 Å². The van der Waals surface area contributed by atoms with Gasteiger partial charge in [-0.3, -0.25) is 14.4 Å². The summed E-state index contributed by atoms with van der Waals surface area (Å²) in [6, 6.07) is 17.4. The average molecular weight is 472 g/mol. The maximum atomic E-state index is 12.6. The van der Waals surface area contributed by atoms with Crippen LogP contribution in [0.15, 0.2) is 66.7 Å². The topological polar surface area (TPSA) is 111 Å². The Morgan fingerprint density at radius 3 is 2.20 bits per heavy atom. The maximum Gasteiger partial charge on any atom is 0.338 e. The van der Waals surface area contributed by atoms with Gasteiger partial charge >= 0.3 is 5.97 Å². The second kappa shape index (κ2) is 9.30. The van der Waals surface area contributed by atoms with E-state index in [1.807, 2.05) is 0 Å². The highest BCUT2D eigenvalue weighted by Gasteiger charge is 2.36. The molecular weight excluding hydrogens is 452 g/mol. The van der Waals surface area contributed by atoms with Crippen LogP contribution in [0.4, 0.5) is 11.4 Å². The number of anilines is 2. The number of nitrogens with one attached hydrogen (secondary N) is 1. The highest BCUT2D eigenvalue weighted by molar-refractivity contribution is 6.34. The van der Waals surface area contributed by atoms with Gasteiger partial charge in [0, 0.05) is 18.2 Å². The molecule has 0 saturated heterocycles. The van der Waals surface area contributed by atoms with E-state index in [0.29, 0.717) is 47.2 Å². The van der Waals surface area contributed by atoms with Gasteiger partial charge in [-0.05, 0) is 48.5 Å². The van der Waals surface area contributed by atoms with Gasteiger partial charge in [-0.25, -0.2) is 9.69 Å². The van der Waals surface area contributed by atoms with Gasteiger partial charge in [0.15, 0.2) is 18.1 Å². The zero-order chi connectivity index (χ0) is 24.4. The predicted octanol–water partition coefficient (Wildman–Crippen LogP) is 3.44. The highest BCUT2D eigenvalue weighted by Crippen LogP contribution is 2.32. The molecule has 176 valence electrons. The number of amides is 3. The minimum Gasteiger partial charge on any atom is -0.490 e. The molecule has 9 heteroatoms. The van der Waals surface area contributed by atoms with Crippen molar-refractivity contribution in [3.05, 3.63) is 83.4 Å². The fraction of sp³-hybridized carbons (Fsp3) is 0.154. The Bertz CT molecular complexity index is 1300. The minimum atomic E-state index is -0.715. The van der Waals surface area contributed by atoms with Crippen molar-refractivity contribution in [2.24, 2.45) is 0 Å². The number of esters is 1. The molecule has 0 saturated carbocycles. The maximum absolute atomic E-state index is 12.6. The van der Waals surface area contributed by atoms with Crippen LogP contribution in [-0.2, 0) is 9.53 Å². The number of hydrogen-bond donors (Lipinski definition) is 1. The summed E-state index contributed by atoms with van der Waals surface area (Å²) in [7, 11) is 0. The Balaban J connectivity index is 1.18. The van der Waals surface area contributed by atoms with Crippen molar-refractivity contribution in [1.29, 1.82) is 0 Å². The van der Waals surface area contributed by atoms with Crippen molar-refractivity contribution in [3.8, 4) is 11.5 Å². The van der Waals surface area contributed by atoms with Gasteiger partial charge in [-0.2, -0.15) is 0 Å². The van der Waals surface area contributed by atoms with Gasteiger partial charge in [0.25, 0.3) is 17.7 Å². The van der Waals surface area contributed by atoms with Crippen molar-refractivity contribution in [2.75, 3.05) is 30.0 Å². The summed E-state index contributed by atoms with van der Waals surface area (Å²) in [4.78, 5) is 50.9. The van der Waals surface area contributed by atoms with Crippen LogP contribution in [0.5, 0.6) is 11.5 Å². The average Bonchev–Trinajstić information content (AvgIpc) is 3.01. The molecule has 0 aliphatic carbocycles. The normalized spacial score (nSPS) is 14.2. The van der Waals surface area contributed by atoms with Gasteiger partial charge in [-0.1, -0.05) is 12.1 Å². The van der Waals surface area contributed by atoms with E-state index in [1.54, 1.807) is 42.5 Å². The summed E-state index contributed by atoms with van der Waals surface area (Å²) in [5, 5.41) is 2.65. The van der Waals surface area contributed by atoms with Crippen LogP contribution in [0.3, 0.4) is 0 Å². The molecular formula is C26H20N2O7. The zero-order valence-corrected chi connectivity index (χ0v) is 18.5. The van der Waals surface area contributed by atoms with Gasteiger partial charge in [0.1, 0.15) is 0 Å². The van der Waals surface area contributed by atoms with E-state index in [0.717, 1.165) is 11.3 Å². The lowest BCUT2D eigenvalue weighted by molar-refractivity contribution is -0.119. The third-order valence-corrected chi connectivity index (χ3v) is 5.52. The number of imide groups is 1. The molecule has 0 spiro atoms. The van der Waals surface area contributed by atoms with E-state index < -0.39 is 30.3 Å². The van der Waals surface area contributed by atoms with Crippen molar-refractivity contribution in [3.63, 3.8) is 0 Å². The summed E-state index contributed by atoms with van der Waals surface area (Å²) in [5.74, 6) is -0.935. The molecule has 5 rings (SSSR count). The molecule has 0 radical (unpaired) electrons. The van der Waals surface area contributed by atoms with Crippen molar-refractivity contribution < 1.29 is 33.4 Å². The lowest BCUT2D eigenvalue weighted by atomic mass is 10.1. The Hall–Kier alpha value is -4.66. The number of benzene rings is 3. The predicted molar refractivity (Wildman–Crippen MR) is 125 cm³/mol. The number of nitrogens with zero attached hydrogens (tertiary/aromatic N) is 1. The fourth-order valence-corrected chi connectivity index (χ4v) is 3.82. The quantitative estimate of drug-likeness (QED) is 0.447. The van der Waals surface area contributed by atoms with Gasteiger partial charge in [0.2, 0.25) is 0 Å². The molecule has 2 aliphatic rings. The van der Waals surface area contributed by atoms with Crippen molar-refractivity contribution in [1.82, 2.24) is 0 Å². The first-order valence-corrected chi connectivity index (χ1v) is 11.0. The lowest BCUT2D eigenvalue weighted by Gasteiger charge is -2.14. The first-order chi connectivity index (χ1) is 17.0. The Morgan fingerprint density at radius 2 is 1.51 bits per heavy atom. The van der Waals surface area contributed by atoms with Crippen LogP contribution in [0.2, 0.25) is 0 Å². The molecule has 3 aromatic carbocycles.